The van der Waals surface area contributed by atoms with Crippen LogP contribution < -0.4 is 11.5 Å². The van der Waals surface area contributed by atoms with Crippen molar-refractivity contribution in [1.29, 1.82) is 0 Å². The third-order valence-electron chi connectivity index (χ3n) is 4.64. The lowest BCUT2D eigenvalue weighted by Crippen LogP contribution is -2.11. The first-order valence-electron chi connectivity index (χ1n) is 9.56. The minimum atomic E-state index is -0.560. The topological polar surface area (TPSA) is 135 Å². The molecule has 4 N–H and O–H groups in total. The Labute approximate surface area is 178 Å². The Bertz CT molecular complexity index is 1230. The largest absolute Gasteiger partial charge is 0.454 e. The maximum absolute atomic E-state index is 13.0. The lowest BCUT2D eigenvalue weighted by Gasteiger charge is -2.07. The van der Waals surface area contributed by atoms with E-state index in [9.17, 15) is 4.79 Å². The number of hydrogen-bond acceptors (Lipinski definition) is 8. The molecule has 9 nitrogen and oxygen atoms in total. The molecule has 0 aliphatic heterocycles. The maximum atomic E-state index is 13.0. The average Bonchev–Trinajstić information content (AvgIpc) is 3.17. The van der Waals surface area contributed by atoms with Crippen LogP contribution in [0.15, 0.2) is 54.7 Å². The number of aromatic nitrogens is 5. The zero-order valence-corrected chi connectivity index (χ0v) is 17.1. The number of nitrogens with two attached hydrogens (primary N) is 2. The van der Waals surface area contributed by atoms with E-state index in [4.69, 9.17) is 16.2 Å². The van der Waals surface area contributed by atoms with Crippen molar-refractivity contribution >= 4 is 17.9 Å². The molecule has 0 spiro atoms. The fourth-order valence-electron chi connectivity index (χ4n) is 3.24. The van der Waals surface area contributed by atoms with E-state index in [-0.39, 0.29) is 24.3 Å². The van der Waals surface area contributed by atoms with Gasteiger partial charge in [-0.3, -0.25) is 0 Å². The number of nitrogens with zero attached hydrogens (tertiary/aromatic N) is 5. The molecule has 2 aromatic heterocycles. The lowest BCUT2D eigenvalue weighted by atomic mass is 10.0. The van der Waals surface area contributed by atoms with Gasteiger partial charge in [0, 0.05) is 11.8 Å². The van der Waals surface area contributed by atoms with E-state index >= 15 is 0 Å². The van der Waals surface area contributed by atoms with Gasteiger partial charge >= 0.3 is 5.97 Å². The SMILES string of the molecule is Cc1ccc(-c2nn(-c3ccccc3)cc2C(=O)OCc2nc(N)nc(N)n2)c(C)c1. The lowest BCUT2D eigenvalue weighted by molar-refractivity contribution is 0.0463. The number of ether oxygens (including phenoxy) is 1. The fraction of sp³-hybridized carbons (Fsp3) is 0.136. The highest BCUT2D eigenvalue weighted by atomic mass is 16.5. The van der Waals surface area contributed by atoms with Crippen molar-refractivity contribution in [2.24, 2.45) is 0 Å². The van der Waals surface area contributed by atoms with Gasteiger partial charge in [-0.15, -0.1) is 0 Å². The van der Waals surface area contributed by atoms with Crippen LogP contribution in [-0.4, -0.2) is 30.7 Å². The standard InChI is InChI=1S/C22H21N7O2/c1-13-8-9-16(14(2)10-13)19-17(11-29(28-19)15-6-4-3-5-7-15)20(30)31-12-18-25-21(23)27-22(24)26-18/h3-11H,12H2,1-2H3,(H4,23,24,25,26,27). The van der Waals surface area contributed by atoms with Gasteiger partial charge in [0.05, 0.1) is 5.69 Å². The summed E-state index contributed by atoms with van der Waals surface area (Å²) in [5, 5.41) is 4.68. The second-order valence-electron chi connectivity index (χ2n) is 7.03. The number of rotatable bonds is 5. The van der Waals surface area contributed by atoms with Crippen LogP contribution >= 0.6 is 0 Å². The van der Waals surface area contributed by atoms with E-state index in [1.807, 2.05) is 62.4 Å². The summed E-state index contributed by atoms with van der Waals surface area (Å²) in [5.74, 6) is -0.464. The predicted molar refractivity (Wildman–Crippen MR) is 116 cm³/mol. The third kappa shape index (κ3) is 4.35. The number of benzene rings is 2. The Morgan fingerprint density at radius 3 is 2.39 bits per heavy atom. The number of hydrogen-bond donors (Lipinski definition) is 2. The Morgan fingerprint density at radius 1 is 1.00 bits per heavy atom. The van der Waals surface area contributed by atoms with Gasteiger partial charge in [0.25, 0.3) is 0 Å². The minimum absolute atomic E-state index is 0.0357. The highest BCUT2D eigenvalue weighted by molar-refractivity contribution is 5.96. The number of carbonyl (C=O) groups is 1. The third-order valence-corrected chi connectivity index (χ3v) is 4.64. The molecule has 0 fully saturated rings. The Kier molecular flexibility index (Phi) is 5.31. The van der Waals surface area contributed by atoms with Crippen LogP contribution in [-0.2, 0) is 11.3 Å². The van der Waals surface area contributed by atoms with E-state index < -0.39 is 5.97 Å². The second-order valence-corrected chi connectivity index (χ2v) is 7.03. The zero-order valence-electron chi connectivity index (χ0n) is 17.1. The Hall–Kier alpha value is -4.27. The molecule has 31 heavy (non-hydrogen) atoms. The van der Waals surface area contributed by atoms with Gasteiger partial charge in [0.2, 0.25) is 11.9 Å². The molecule has 4 aromatic rings. The van der Waals surface area contributed by atoms with Crippen LogP contribution in [0.2, 0.25) is 0 Å². The predicted octanol–water partition coefficient (Wildman–Crippen LogP) is 2.86. The van der Waals surface area contributed by atoms with Crippen molar-refractivity contribution in [3.63, 3.8) is 0 Å². The van der Waals surface area contributed by atoms with Gasteiger partial charge in [-0.05, 0) is 31.5 Å². The zero-order chi connectivity index (χ0) is 22.0. The molecule has 2 heterocycles. The summed E-state index contributed by atoms with van der Waals surface area (Å²) < 4.78 is 7.10. The number of para-hydroxylation sites is 1. The van der Waals surface area contributed by atoms with Crippen molar-refractivity contribution in [1.82, 2.24) is 24.7 Å². The second kappa shape index (κ2) is 8.23. The molecule has 4 rings (SSSR count). The monoisotopic (exact) mass is 415 g/mol. The normalized spacial score (nSPS) is 10.8. The van der Waals surface area contributed by atoms with Crippen LogP contribution in [0.4, 0.5) is 11.9 Å². The first-order valence-corrected chi connectivity index (χ1v) is 9.56. The van der Waals surface area contributed by atoms with Gasteiger partial charge in [-0.25, -0.2) is 9.48 Å². The van der Waals surface area contributed by atoms with E-state index in [2.05, 4.69) is 20.1 Å². The van der Waals surface area contributed by atoms with Crippen molar-refractivity contribution in [2.75, 3.05) is 11.5 Å². The molecule has 0 radical (unpaired) electrons. The minimum Gasteiger partial charge on any atom is -0.454 e. The highest BCUT2D eigenvalue weighted by Crippen LogP contribution is 2.28. The van der Waals surface area contributed by atoms with Gasteiger partial charge in [0.15, 0.2) is 12.4 Å². The molecule has 0 bridgehead atoms. The van der Waals surface area contributed by atoms with Gasteiger partial charge < -0.3 is 16.2 Å². The fourth-order valence-corrected chi connectivity index (χ4v) is 3.24. The van der Waals surface area contributed by atoms with Crippen LogP contribution in [0.1, 0.15) is 27.3 Å². The summed E-state index contributed by atoms with van der Waals surface area (Å²) in [4.78, 5) is 24.6. The van der Waals surface area contributed by atoms with Gasteiger partial charge in [-0.2, -0.15) is 20.1 Å². The summed E-state index contributed by atoms with van der Waals surface area (Å²) in [7, 11) is 0. The smallest absolute Gasteiger partial charge is 0.342 e. The highest BCUT2D eigenvalue weighted by Gasteiger charge is 2.21. The molecule has 0 amide bonds. The van der Waals surface area contributed by atoms with E-state index in [0.717, 1.165) is 22.4 Å². The number of esters is 1. The molecular formula is C22H21N7O2. The summed E-state index contributed by atoms with van der Waals surface area (Å²) in [6, 6.07) is 15.5. The maximum Gasteiger partial charge on any atom is 0.342 e. The van der Waals surface area contributed by atoms with Crippen LogP contribution in [0.3, 0.4) is 0 Å². The van der Waals surface area contributed by atoms with Crippen molar-refractivity contribution in [3.8, 4) is 16.9 Å². The van der Waals surface area contributed by atoms with Crippen LogP contribution in [0.5, 0.6) is 0 Å². The molecule has 9 heteroatoms. The van der Waals surface area contributed by atoms with E-state index in [1.54, 1.807) is 10.9 Å². The van der Waals surface area contributed by atoms with Crippen LogP contribution in [0, 0.1) is 13.8 Å². The molecule has 0 saturated heterocycles. The Morgan fingerprint density at radius 2 is 1.71 bits per heavy atom. The quantitative estimate of drug-likeness (QED) is 0.475. The molecule has 2 aromatic carbocycles. The molecule has 0 unspecified atom stereocenters. The van der Waals surface area contributed by atoms with Gasteiger partial charge in [0.1, 0.15) is 11.3 Å². The Balaban J connectivity index is 1.70. The number of anilines is 2. The molecule has 0 aliphatic rings. The molecule has 0 aliphatic carbocycles. The first-order chi connectivity index (χ1) is 14.9. The van der Waals surface area contributed by atoms with Crippen molar-refractivity contribution in [2.45, 2.75) is 20.5 Å². The van der Waals surface area contributed by atoms with Crippen molar-refractivity contribution < 1.29 is 9.53 Å². The molecule has 0 saturated carbocycles. The van der Waals surface area contributed by atoms with Gasteiger partial charge in [-0.1, -0.05) is 42.0 Å². The number of nitrogen functional groups attached to an aromatic ring is 2. The number of aryl methyl sites for hydroxylation is 2. The molecular weight excluding hydrogens is 394 g/mol. The van der Waals surface area contributed by atoms with E-state index in [0.29, 0.717) is 11.3 Å². The summed E-state index contributed by atoms with van der Waals surface area (Å²) in [5.41, 5.74) is 15.8. The number of carbonyl (C=O) groups excluding carboxylic acids is 1. The first kappa shape index (κ1) is 20.0. The summed E-state index contributed by atoms with van der Waals surface area (Å²) in [6.07, 6.45) is 1.66. The van der Waals surface area contributed by atoms with Crippen LogP contribution in [0.25, 0.3) is 16.9 Å². The summed E-state index contributed by atoms with van der Waals surface area (Å²) in [6.45, 7) is 3.80. The molecule has 156 valence electrons. The molecule has 0 atom stereocenters. The van der Waals surface area contributed by atoms with E-state index in [1.165, 1.54) is 0 Å². The van der Waals surface area contributed by atoms with Crippen molar-refractivity contribution in [3.05, 3.63) is 77.2 Å². The average molecular weight is 415 g/mol. The summed E-state index contributed by atoms with van der Waals surface area (Å²) >= 11 is 0.